The molecule has 1 aromatic rings. The normalized spacial score (nSPS) is 20.0. The number of nitrogens with zero attached hydrogens (tertiary/aromatic N) is 1. The fraction of sp³-hybridized carbons (Fsp3) is 0.611. The van der Waals surface area contributed by atoms with E-state index in [-0.39, 0.29) is 29.1 Å². The zero-order chi connectivity index (χ0) is 18.6. The Morgan fingerprint density at radius 1 is 1.11 bits per heavy atom. The van der Waals surface area contributed by atoms with Gasteiger partial charge in [0.1, 0.15) is 0 Å². The highest BCUT2D eigenvalue weighted by molar-refractivity contribution is 7.89. The summed E-state index contributed by atoms with van der Waals surface area (Å²) in [5.41, 5.74) is 0.597. The molecule has 9 heteroatoms. The van der Waals surface area contributed by atoms with Crippen molar-refractivity contribution in [2.24, 2.45) is 17.0 Å². The molecule has 0 aromatic heterocycles. The molecule has 2 heterocycles. The summed E-state index contributed by atoms with van der Waals surface area (Å²) in [7, 11) is -3.71. The van der Waals surface area contributed by atoms with Crippen molar-refractivity contribution in [3.63, 3.8) is 0 Å². The lowest BCUT2D eigenvalue weighted by atomic mass is 9.93. The first kappa shape index (κ1) is 22.1. The van der Waals surface area contributed by atoms with Crippen LogP contribution in [0.3, 0.4) is 0 Å². The molecule has 2 saturated heterocycles. The SMILES string of the molecule is Cl.NS(=O)(=O)c1ccc(NC(=O)C2CCN(CC3CCNCC3)CC2)cc1. The summed E-state index contributed by atoms with van der Waals surface area (Å²) in [4.78, 5) is 15.0. The van der Waals surface area contributed by atoms with Crippen LogP contribution in [0.15, 0.2) is 29.2 Å². The number of piperidine rings is 2. The highest BCUT2D eigenvalue weighted by atomic mass is 35.5. The number of nitrogens with one attached hydrogen (secondary N) is 2. The molecule has 7 nitrogen and oxygen atoms in total. The van der Waals surface area contributed by atoms with E-state index in [0.717, 1.165) is 51.5 Å². The number of nitrogens with two attached hydrogens (primary N) is 1. The number of sulfonamides is 1. The van der Waals surface area contributed by atoms with E-state index in [1.807, 2.05) is 0 Å². The van der Waals surface area contributed by atoms with E-state index in [1.165, 1.54) is 25.0 Å². The molecule has 152 valence electrons. The Bertz CT molecular complexity index is 713. The standard InChI is InChI=1S/C18H28N4O3S.ClH/c19-26(24,25)17-3-1-16(2-4-17)21-18(23)15-7-11-22(12-8-15)13-14-5-9-20-10-6-14;/h1-4,14-15,20H,5-13H2,(H,21,23)(H2,19,24,25);1H. The van der Waals surface area contributed by atoms with E-state index < -0.39 is 10.0 Å². The van der Waals surface area contributed by atoms with Gasteiger partial charge in [-0.1, -0.05) is 0 Å². The van der Waals surface area contributed by atoms with Gasteiger partial charge in [0.2, 0.25) is 15.9 Å². The molecular formula is C18H29ClN4O3S. The number of amides is 1. The molecule has 0 spiro atoms. The summed E-state index contributed by atoms with van der Waals surface area (Å²) in [6.45, 7) is 5.31. The molecular weight excluding hydrogens is 388 g/mol. The predicted octanol–water partition coefficient (Wildman–Crippen LogP) is 1.41. The Kier molecular flexibility index (Phi) is 8.05. The van der Waals surface area contributed by atoms with Crippen LogP contribution < -0.4 is 15.8 Å². The lowest BCUT2D eigenvalue weighted by molar-refractivity contribution is -0.121. The largest absolute Gasteiger partial charge is 0.326 e. The fourth-order valence-electron chi connectivity index (χ4n) is 3.78. The third-order valence-corrected chi connectivity index (χ3v) is 6.31. The number of halogens is 1. The van der Waals surface area contributed by atoms with E-state index in [1.54, 1.807) is 12.1 Å². The summed E-state index contributed by atoms with van der Waals surface area (Å²) >= 11 is 0. The number of carbonyl (C=O) groups is 1. The number of rotatable bonds is 5. The van der Waals surface area contributed by atoms with Gasteiger partial charge in [0.15, 0.2) is 0 Å². The van der Waals surface area contributed by atoms with Crippen LogP contribution in [-0.2, 0) is 14.8 Å². The molecule has 2 fully saturated rings. The number of hydrogen-bond donors (Lipinski definition) is 3. The minimum absolute atomic E-state index is 0. The summed E-state index contributed by atoms with van der Waals surface area (Å²) in [5, 5.41) is 11.4. The van der Waals surface area contributed by atoms with Crippen LogP contribution in [0.5, 0.6) is 0 Å². The van der Waals surface area contributed by atoms with E-state index >= 15 is 0 Å². The van der Waals surface area contributed by atoms with Crippen LogP contribution in [0, 0.1) is 11.8 Å². The number of anilines is 1. The minimum Gasteiger partial charge on any atom is -0.326 e. The number of likely N-dealkylation sites (tertiary alicyclic amines) is 1. The summed E-state index contributed by atoms with van der Waals surface area (Å²) in [6, 6.07) is 5.97. The van der Waals surface area contributed by atoms with Crippen LogP contribution in [0.4, 0.5) is 5.69 Å². The van der Waals surface area contributed by atoms with Crippen LogP contribution in [0.1, 0.15) is 25.7 Å². The van der Waals surface area contributed by atoms with Gasteiger partial charge in [-0.3, -0.25) is 4.79 Å². The fourth-order valence-corrected chi connectivity index (χ4v) is 4.29. The van der Waals surface area contributed by atoms with Crippen molar-refractivity contribution in [2.45, 2.75) is 30.6 Å². The molecule has 0 bridgehead atoms. The molecule has 27 heavy (non-hydrogen) atoms. The number of carbonyl (C=O) groups excluding carboxylic acids is 1. The second-order valence-corrected chi connectivity index (χ2v) is 8.89. The van der Waals surface area contributed by atoms with Gasteiger partial charge in [0, 0.05) is 18.2 Å². The third kappa shape index (κ3) is 6.43. The second-order valence-electron chi connectivity index (χ2n) is 7.33. The highest BCUT2D eigenvalue weighted by Crippen LogP contribution is 2.22. The zero-order valence-electron chi connectivity index (χ0n) is 15.4. The van der Waals surface area contributed by atoms with Crippen LogP contribution >= 0.6 is 12.4 Å². The van der Waals surface area contributed by atoms with Crippen molar-refractivity contribution in [1.29, 1.82) is 0 Å². The van der Waals surface area contributed by atoms with Crippen molar-refractivity contribution in [3.8, 4) is 0 Å². The second kappa shape index (κ2) is 9.84. The Hall–Kier alpha value is -1.19. The average molecular weight is 417 g/mol. The maximum absolute atomic E-state index is 12.5. The summed E-state index contributed by atoms with van der Waals surface area (Å²) in [5.74, 6) is 0.797. The molecule has 0 aliphatic carbocycles. The molecule has 2 aliphatic heterocycles. The number of benzene rings is 1. The van der Waals surface area contributed by atoms with Crippen molar-refractivity contribution in [2.75, 3.05) is 38.0 Å². The lowest BCUT2D eigenvalue weighted by Gasteiger charge is -2.35. The van der Waals surface area contributed by atoms with Crippen molar-refractivity contribution in [3.05, 3.63) is 24.3 Å². The van der Waals surface area contributed by atoms with E-state index in [9.17, 15) is 13.2 Å². The van der Waals surface area contributed by atoms with Crippen LogP contribution in [-0.4, -0.2) is 51.9 Å². The van der Waals surface area contributed by atoms with Crippen LogP contribution in [0.2, 0.25) is 0 Å². The molecule has 0 atom stereocenters. The quantitative estimate of drug-likeness (QED) is 0.673. The minimum atomic E-state index is -3.71. The Balaban J connectivity index is 0.00000261. The van der Waals surface area contributed by atoms with E-state index in [0.29, 0.717) is 5.69 Å². The van der Waals surface area contributed by atoms with Gasteiger partial charge >= 0.3 is 0 Å². The van der Waals surface area contributed by atoms with Gasteiger partial charge < -0.3 is 15.5 Å². The first-order valence-corrected chi connectivity index (χ1v) is 10.8. The van der Waals surface area contributed by atoms with Gasteiger partial charge in [-0.2, -0.15) is 0 Å². The maximum atomic E-state index is 12.5. The summed E-state index contributed by atoms with van der Waals surface area (Å²) < 4.78 is 22.5. The molecule has 0 saturated carbocycles. The average Bonchev–Trinajstić information content (AvgIpc) is 2.63. The molecule has 4 N–H and O–H groups in total. The van der Waals surface area contributed by atoms with Gasteiger partial charge in [0.05, 0.1) is 4.90 Å². The molecule has 0 unspecified atom stereocenters. The van der Waals surface area contributed by atoms with Crippen LogP contribution in [0.25, 0.3) is 0 Å². The molecule has 1 aromatic carbocycles. The molecule has 3 rings (SSSR count). The molecule has 2 aliphatic rings. The first-order valence-electron chi connectivity index (χ1n) is 9.28. The predicted molar refractivity (Wildman–Crippen MR) is 108 cm³/mol. The lowest BCUT2D eigenvalue weighted by Crippen LogP contribution is -2.42. The topological polar surface area (TPSA) is 105 Å². The van der Waals surface area contributed by atoms with E-state index in [2.05, 4.69) is 15.5 Å². The van der Waals surface area contributed by atoms with Gasteiger partial charge in [0.25, 0.3) is 0 Å². The van der Waals surface area contributed by atoms with Crippen molar-refractivity contribution in [1.82, 2.24) is 10.2 Å². The maximum Gasteiger partial charge on any atom is 0.238 e. The van der Waals surface area contributed by atoms with Gasteiger partial charge in [-0.15, -0.1) is 12.4 Å². The third-order valence-electron chi connectivity index (χ3n) is 5.38. The highest BCUT2D eigenvalue weighted by Gasteiger charge is 2.26. The smallest absolute Gasteiger partial charge is 0.238 e. The number of hydrogen-bond acceptors (Lipinski definition) is 5. The number of primary sulfonamides is 1. The Morgan fingerprint density at radius 3 is 2.26 bits per heavy atom. The van der Waals surface area contributed by atoms with Crippen molar-refractivity contribution < 1.29 is 13.2 Å². The Morgan fingerprint density at radius 2 is 1.70 bits per heavy atom. The van der Waals surface area contributed by atoms with E-state index in [4.69, 9.17) is 5.14 Å². The molecule has 0 radical (unpaired) electrons. The first-order chi connectivity index (χ1) is 12.4. The zero-order valence-corrected chi connectivity index (χ0v) is 17.0. The summed E-state index contributed by atoms with van der Waals surface area (Å²) in [6.07, 6.45) is 4.22. The van der Waals surface area contributed by atoms with Gasteiger partial charge in [-0.05, 0) is 82.0 Å². The Labute approximate surface area is 167 Å². The van der Waals surface area contributed by atoms with Gasteiger partial charge in [-0.25, -0.2) is 13.6 Å². The molecule has 1 amide bonds. The van der Waals surface area contributed by atoms with Crippen molar-refractivity contribution >= 4 is 34.0 Å². The monoisotopic (exact) mass is 416 g/mol.